The summed E-state index contributed by atoms with van der Waals surface area (Å²) in [5.74, 6) is -0.808. The summed E-state index contributed by atoms with van der Waals surface area (Å²) < 4.78 is 50.1. The number of halogens is 3. The monoisotopic (exact) mass is 427 g/mol. The Morgan fingerprint density at radius 2 is 1.93 bits per heavy atom. The Balaban J connectivity index is 0.00000233. The minimum atomic E-state index is -5.01. The summed E-state index contributed by atoms with van der Waals surface area (Å²) in [6, 6.07) is 7.78. The quantitative estimate of drug-likeness (QED) is 0.399. The highest BCUT2D eigenvalue weighted by atomic mass is 19.4. The molecule has 0 saturated heterocycles. The normalized spacial score (nSPS) is 12.9. The summed E-state index contributed by atoms with van der Waals surface area (Å²) in [5.41, 5.74) is -4.84. The van der Waals surface area contributed by atoms with Crippen LogP contribution in [-0.2, 0) is 11.0 Å². The van der Waals surface area contributed by atoms with E-state index >= 15 is 0 Å². The van der Waals surface area contributed by atoms with E-state index in [4.69, 9.17) is 12.7 Å². The van der Waals surface area contributed by atoms with Crippen LogP contribution < -0.4 is 10.1 Å². The van der Waals surface area contributed by atoms with Gasteiger partial charge in [0.1, 0.15) is 17.9 Å². The molecule has 0 spiro atoms. The lowest BCUT2D eigenvalue weighted by atomic mass is 10.1. The molecule has 11 heteroatoms. The fraction of sp³-hybridized carbons (Fsp3) is 0.263. The first kappa shape index (κ1) is 22.6. The van der Waals surface area contributed by atoms with Crippen molar-refractivity contribution in [3.05, 3.63) is 69.6 Å². The van der Waals surface area contributed by atoms with Crippen molar-refractivity contribution in [2.75, 3.05) is 11.9 Å². The molecule has 2 N–H and O–H groups in total. The number of anilines is 1. The lowest BCUT2D eigenvalue weighted by Gasteiger charge is -2.23. The molecule has 0 aromatic heterocycles. The van der Waals surface area contributed by atoms with Gasteiger partial charge in [-0.2, -0.15) is 13.2 Å². The molecule has 2 aromatic rings. The number of amides is 1. The molecular weight excluding hydrogens is 407 g/mol. The van der Waals surface area contributed by atoms with Gasteiger partial charge in [0.05, 0.1) is 11.5 Å². The maximum absolute atomic E-state index is 13.0. The van der Waals surface area contributed by atoms with Crippen LogP contribution in [0.3, 0.4) is 0 Å². The molecule has 0 aliphatic carbocycles. The first-order valence-corrected chi connectivity index (χ1v) is 7.94. The van der Waals surface area contributed by atoms with Gasteiger partial charge in [-0.1, -0.05) is 19.5 Å². The maximum atomic E-state index is 13.0. The van der Waals surface area contributed by atoms with Crippen LogP contribution in [0.4, 0.5) is 30.2 Å². The van der Waals surface area contributed by atoms with E-state index in [-0.39, 0.29) is 11.4 Å². The van der Waals surface area contributed by atoms with E-state index < -0.39 is 40.5 Å². The van der Waals surface area contributed by atoms with Crippen LogP contribution >= 0.6 is 0 Å². The molecule has 2 rings (SSSR count). The van der Waals surface area contributed by atoms with Crippen molar-refractivity contribution in [2.45, 2.75) is 26.1 Å². The van der Waals surface area contributed by atoms with Crippen molar-refractivity contribution < 1.29 is 34.1 Å². The van der Waals surface area contributed by atoms with E-state index in [1.54, 1.807) is 0 Å². The number of nitro groups is 1. The number of aliphatic hydroxyl groups is 1. The van der Waals surface area contributed by atoms with Crippen molar-refractivity contribution in [1.29, 1.82) is 0 Å². The molecule has 0 radical (unpaired) electrons. The van der Waals surface area contributed by atoms with Crippen molar-refractivity contribution in [3.63, 3.8) is 0 Å². The number of ether oxygens (including phenoxy) is 1. The van der Waals surface area contributed by atoms with Gasteiger partial charge >= 0.3 is 6.18 Å². The fourth-order valence-corrected chi connectivity index (χ4v) is 2.17. The second-order valence-electron chi connectivity index (χ2n) is 6.11. The number of hydrogen-bond acceptors (Lipinski definition) is 5. The highest BCUT2D eigenvalue weighted by Gasteiger charge is 2.39. The molecule has 0 unspecified atom stereocenters. The smallest absolute Gasteiger partial charge is 0.423 e. The van der Waals surface area contributed by atoms with E-state index in [9.17, 15) is 33.2 Å². The van der Waals surface area contributed by atoms with Crippen molar-refractivity contribution in [2.24, 2.45) is 0 Å². The van der Waals surface area contributed by atoms with Gasteiger partial charge in [-0.05, 0) is 31.2 Å². The molecule has 0 saturated carbocycles. The van der Waals surface area contributed by atoms with Gasteiger partial charge in [0, 0.05) is 13.1 Å². The van der Waals surface area contributed by atoms with Crippen molar-refractivity contribution in [3.8, 4) is 5.75 Å². The molecule has 0 aliphatic rings. The standard InChI is InChI=1S/C18H14F3N3O5.CH4/c1-17(26,10-29-13-6-3-11(22-2)4-7-13)16(25)23-12-5-8-15(24(27)28)14(9-12)18(19,20)21;/h3-9,26H,10H2,1H3,(H,23,25);1H4/t17-;/m0./s1/i;1T. The number of nitrogens with one attached hydrogen (secondary N) is 1. The molecule has 0 fully saturated rings. The molecule has 1 amide bonds. The van der Waals surface area contributed by atoms with Gasteiger partial charge in [-0.15, -0.1) is 0 Å². The Bertz CT molecular complexity index is 973. The second kappa shape index (κ2) is 9.23. The highest BCUT2D eigenvalue weighted by Crippen LogP contribution is 2.37. The molecule has 0 aliphatic heterocycles. The zero-order valence-corrected chi connectivity index (χ0v) is 15.9. The van der Waals surface area contributed by atoms with Crippen LogP contribution in [-0.4, -0.2) is 28.1 Å². The summed E-state index contributed by atoms with van der Waals surface area (Å²) in [4.78, 5) is 25.0. The van der Waals surface area contributed by atoms with Crippen LogP contribution in [0.1, 0.15) is 21.3 Å². The SMILES string of the molecule is [3H]C.[C-]#[N+]c1ccc(OC[C@](C)(O)C(=O)Nc2ccc([N+](=O)[O-])c(C(F)(F)F)c2)cc1. The topological polar surface area (TPSA) is 106 Å². The number of carbonyl (C=O) groups excluding carboxylic acids is 1. The number of nitro benzene ring substituents is 1. The summed E-state index contributed by atoms with van der Waals surface area (Å²) in [5, 5.41) is 23.1. The second-order valence-corrected chi connectivity index (χ2v) is 6.11. The number of benzene rings is 2. The average Bonchev–Trinajstić information content (AvgIpc) is 2.73. The van der Waals surface area contributed by atoms with E-state index in [1.165, 1.54) is 31.7 Å². The first-order chi connectivity index (χ1) is 14.4. The Hall–Kier alpha value is -3.65. The van der Waals surface area contributed by atoms with Gasteiger partial charge in [0.25, 0.3) is 11.6 Å². The van der Waals surface area contributed by atoms with Crippen LogP contribution in [0.15, 0.2) is 42.5 Å². The number of rotatable bonds is 6. The van der Waals surface area contributed by atoms with Gasteiger partial charge in [-0.25, -0.2) is 4.85 Å². The highest BCUT2D eigenvalue weighted by molar-refractivity contribution is 5.97. The summed E-state index contributed by atoms with van der Waals surface area (Å²) in [6.07, 6.45) is -5.01. The van der Waals surface area contributed by atoms with Crippen LogP contribution in [0.5, 0.6) is 5.75 Å². The summed E-state index contributed by atoms with van der Waals surface area (Å²) in [6.45, 7) is 7.41. The van der Waals surface area contributed by atoms with E-state index in [1.807, 2.05) is 0 Å². The molecule has 2 aromatic carbocycles. The van der Waals surface area contributed by atoms with Gasteiger partial charge < -0.3 is 15.2 Å². The minimum absolute atomic E-state index is 0.264. The molecule has 160 valence electrons. The third-order valence-electron chi connectivity index (χ3n) is 3.73. The molecule has 30 heavy (non-hydrogen) atoms. The fourth-order valence-electron chi connectivity index (χ4n) is 2.17. The molecule has 1 atom stereocenters. The van der Waals surface area contributed by atoms with Crippen LogP contribution in [0, 0.1) is 16.7 Å². The Kier molecular flexibility index (Phi) is 6.97. The average molecular weight is 427 g/mol. The zero-order valence-electron chi connectivity index (χ0n) is 16.9. The molecule has 8 nitrogen and oxygen atoms in total. The lowest BCUT2D eigenvalue weighted by Crippen LogP contribution is -2.45. The zero-order chi connectivity index (χ0) is 23.8. The van der Waals surface area contributed by atoms with Crippen molar-refractivity contribution in [1.82, 2.24) is 0 Å². The van der Waals surface area contributed by atoms with E-state index in [2.05, 4.69) is 10.2 Å². The Morgan fingerprint density at radius 3 is 2.43 bits per heavy atom. The lowest BCUT2D eigenvalue weighted by molar-refractivity contribution is -0.388. The number of carbonyl (C=O) groups is 1. The third-order valence-corrected chi connectivity index (χ3v) is 3.73. The maximum Gasteiger partial charge on any atom is 0.423 e. The largest absolute Gasteiger partial charge is 0.490 e. The molecule has 0 bridgehead atoms. The van der Waals surface area contributed by atoms with Crippen molar-refractivity contribution >= 4 is 23.0 Å². The van der Waals surface area contributed by atoms with E-state index in [0.29, 0.717) is 17.8 Å². The minimum Gasteiger partial charge on any atom is -0.490 e. The van der Waals surface area contributed by atoms with E-state index in [0.717, 1.165) is 13.0 Å². The van der Waals surface area contributed by atoms with Gasteiger partial charge in [-0.3, -0.25) is 14.9 Å². The third kappa shape index (κ3) is 5.92. The summed E-state index contributed by atoms with van der Waals surface area (Å²) >= 11 is 0. The van der Waals surface area contributed by atoms with Gasteiger partial charge in [0.2, 0.25) is 0 Å². The van der Waals surface area contributed by atoms with Crippen LogP contribution in [0.2, 0.25) is 0 Å². The molecular formula is C19H18F3N3O5. The van der Waals surface area contributed by atoms with Gasteiger partial charge in [0.15, 0.2) is 11.3 Å². The Labute approximate surface area is 171 Å². The predicted octanol–water partition coefficient (Wildman–Crippen LogP) is 4.57. The summed E-state index contributed by atoms with van der Waals surface area (Å²) in [7, 11) is 1.25. The molecule has 0 heterocycles. The number of alkyl halides is 3. The first-order valence-electron chi connectivity index (χ1n) is 8.94. The predicted molar refractivity (Wildman–Crippen MR) is 102 cm³/mol. The number of hydrogen-bond donors (Lipinski definition) is 2. The Morgan fingerprint density at radius 1 is 1.33 bits per heavy atom. The van der Waals surface area contributed by atoms with Crippen LogP contribution in [0.25, 0.3) is 4.85 Å². The number of nitrogens with zero attached hydrogens (tertiary/aromatic N) is 2.